The molecule has 1 aromatic rings. The third-order valence-corrected chi connectivity index (χ3v) is 5.42. The Kier molecular flexibility index (Phi) is 6.15. The van der Waals surface area contributed by atoms with Crippen LogP contribution < -0.4 is 11.1 Å². The van der Waals surface area contributed by atoms with Gasteiger partial charge in [0.2, 0.25) is 0 Å². The Morgan fingerprint density at radius 1 is 1.20 bits per heavy atom. The summed E-state index contributed by atoms with van der Waals surface area (Å²) in [7, 11) is 2.09. The lowest BCUT2D eigenvalue weighted by Crippen LogP contribution is -2.32. The predicted octanol–water partition coefficient (Wildman–Crippen LogP) is 2.56. The van der Waals surface area contributed by atoms with E-state index in [4.69, 9.17) is 10.8 Å². The van der Waals surface area contributed by atoms with Gasteiger partial charge in [0.25, 0.3) is 0 Å². The molecule has 138 valence electrons. The number of H-pyrrole nitrogens is 1. The zero-order valence-corrected chi connectivity index (χ0v) is 15.2. The quantitative estimate of drug-likeness (QED) is 0.630. The molecule has 3 aliphatic rings. The Balaban J connectivity index is 0.000000192. The largest absolute Gasteiger partial charge is 0.400 e. The molecule has 0 radical (unpaired) electrons. The summed E-state index contributed by atoms with van der Waals surface area (Å²) in [5.41, 5.74) is 9.47. The number of hydrogen-bond acceptors (Lipinski definition) is 5. The standard InChI is InChI=1S/C13H18N4.C6H13NO/c14-11(9-4-2-1-3-5-9)12-10-6-7-15-13(10)17-8-16-12;1-7-4-2-6(8)3-5-7/h6-9,15H,1-5,14H2,(H,16,17);6,8H,2-5H2,1H3/b12-11-;. The smallest absolute Gasteiger partial charge is 0.141 e. The number of piperidine rings is 1. The molecule has 3 heterocycles. The number of rotatable bonds is 1. The van der Waals surface area contributed by atoms with Crippen LogP contribution in [0.3, 0.4) is 0 Å². The predicted molar refractivity (Wildman–Crippen MR) is 103 cm³/mol. The summed E-state index contributed by atoms with van der Waals surface area (Å²) in [5, 5.41) is 12.2. The first kappa shape index (κ1) is 18.0. The van der Waals surface area contributed by atoms with Crippen molar-refractivity contribution in [3.63, 3.8) is 0 Å². The van der Waals surface area contributed by atoms with Gasteiger partial charge in [-0.3, -0.25) is 0 Å². The Morgan fingerprint density at radius 2 is 1.92 bits per heavy atom. The van der Waals surface area contributed by atoms with E-state index in [9.17, 15) is 0 Å². The van der Waals surface area contributed by atoms with Crippen molar-refractivity contribution in [3.05, 3.63) is 23.5 Å². The fraction of sp³-hybridized carbons (Fsp3) is 0.632. The van der Waals surface area contributed by atoms with Crippen LogP contribution in [0, 0.1) is 5.92 Å². The molecule has 0 spiro atoms. The first-order valence-electron chi connectivity index (χ1n) is 9.48. The molecule has 0 aromatic carbocycles. The van der Waals surface area contributed by atoms with Gasteiger partial charge in [0.1, 0.15) is 5.82 Å². The highest BCUT2D eigenvalue weighted by Crippen LogP contribution is 2.33. The molecule has 5 N–H and O–H groups in total. The zero-order chi connectivity index (χ0) is 17.6. The van der Waals surface area contributed by atoms with Crippen molar-refractivity contribution in [2.45, 2.75) is 51.0 Å². The Labute approximate surface area is 150 Å². The topological polar surface area (TPSA) is 89.7 Å². The van der Waals surface area contributed by atoms with Gasteiger partial charge in [0, 0.05) is 36.5 Å². The van der Waals surface area contributed by atoms with Crippen LogP contribution in [0.4, 0.5) is 5.82 Å². The number of aliphatic imine (C=N–C) groups is 1. The van der Waals surface area contributed by atoms with Gasteiger partial charge in [-0.2, -0.15) is 0 Å². The molecule has 1 aliphatic carbocycles. The van der Waals surface area contributed by atoms with Crippen molar-refractivity contribution >= 4 is 17.9 Å². The van der Waals surface area contributed by atoms with E-state index in [-0.39, 0.29) is 6.10 Å². The van der Waals surface area contributed by atoms with Crippen molar-refractivity contribution in [1.29, 1.82) is 0 Å². The average molecular weight is 345 g/mol. The van der Waals surface area contributed by atoms with E-state index >= 15 is 0 Å². The fourth-order valence-corrected chi connectivity index (χ4v) is 3.76. The van der Waals surface area contributed by atoms with Crippen LogP contribution in [0.5, 0.6) is 0 Å². The van der Waals surface area contributed by atoms with Crippen LogP contribution in [0.15, 0.2) is 23.0 Å². The molecular formula is C19H31N5O. The number of fused-ring (bicyclic) bond motifs is 1. The minimum absolute atomic E-state index is 0.0220. The lowest BCUT2D eigenvalue weighted by atomic mass is 9.85. The molecule has 1 saturated carbocycles. The molecule has 2 aliphatic heterocycles. The molecule has 2 fully saturated rings. The minimum atomic E-state index is -0.0220. The molecule has 1 aromatic heterocycles. The number of allylic oxidation sites excluding steroid dienone is 1. The number of aliphatic hydroxyl groups is 1. The third kappa shape index (κ3) is 4.64. The maximum Gasteiger partial charge on any atom is 0.141 e. The summed E-state index contributed by atoms with van der Waals surface area (Å²) in [6.45, 7) is 2.11. The molecule has 6 nitrogen and oxygen atoms in total. The monoisotopic (exact) mass is 345 g/mol. The average Bonchev–Trinajstić information content (AvgIpc) is 3.14. The molecule has 25 heavy (non-hydrogen) atoms. The summed E-state index contributed by atoms with van der Waals surface area (Å²) < 4.78 is 0. The van der Waals surface area contributed by atoms with Crippen molar-refractivity contribution < 1.29 is 5.11 Å². The van der Waals surface area contributed by atoms with E-state index in [1.807, 2.05) is 12.3 Å². The summed E-state index contributed by atoms with van der Waals surface area (Å²) in [4.78, 5) is 9.61. The van der Waals surface area contributed by atoms with Crippen LogP contribution >= 0.6 is 0 Å². The number of hydrogen-bond donors (Lipinski definition) is 4. The van der Waals surface area contributed by atoms with Crippen molar-refractivity contribution in [2.24, 2.45) is 16.6 Å². The second-order valence-electron chi connectivity index (χ2n) is 7.34. The highest BCUT2D eigenvalue weighted by Gasteiger charge is 2.22. The van der Waals surface area contributed by atoms with Crippen LogP contribution in [0.25, 0.3) is 5.70 Å². The van der Waals surface area contributed by atoms with Gasteiger partial charge in [-0.25, -0.2) is 4.99 Å². The first-order chi connectivity index (χ1) is 12.1. The molecule has 0 bridgehead atoms. The molecular weight excluding hydrogens is 314 g/mol. The number of nitrogens with one attached hydrogen (secondary N) is 2. The maximum atomic E-state index is 9.00. The Hall–Kier alpha value is -1.79. The lowest BCUT2D eigenvalue weighted by Gasteiger charge is -2.25. The van der Waals surface area contributed by atoms with Crippen LogP contribution in [0.2, 0.25) is 0 Å². The van der Waals surface area contributed by atoms with Gasteiger partial charge >= 0.3 is 0 Å². The van der Waals surface area contributed by atoms with Gasteiger partial charge < -0.3 is 26.0 Å². The van der Waals surface area contributed by atoms with E-state index < -0.39 is 0 Å². The number of nitrogens with two attached hydrogens (primary N) is 1. The van der Waals surface area contributed by atoms with Crippen molar-refractivity contribution in [3.8, 4) is 0 Å². The molecule has 6 heteroatoms. The van der Waals surface area contributed by atoms with Crippen LogP contribution in [-0.2, 0) is 0 Å². The number of nitrogens with zero attached hydrogens (tertiary/aromatic N) is 2. The van der Waals surface area contributed by atoms with Gasteiger partial charge in [-0.15, -0.1) is 0 Å². The van der Waals surface area contributed by atoms with E-state index in [0.29, 0.717) is 5.92 Å². The van der Waals surface area contributed by atoms with Gasteiger partial charge in [0.15, 0.2) is 0 Å². The number of aromatic nitrogens is 1. The maximum absolute atomic E-state index is 9.00. The van der Waals surface area contributed by atoms with Crippen LogP contribution in [-0.4, -0.2) is 47.6 Å². The first-order valence-corrected chi connectivity index (χ1v) is 9.48. The molecule has 0 atom stereocenters. The fourth-order valence-electron chi connectivity index (χ4n) is 3.76. The highest BCUT2D eigenvalue weighted by atomic mass is 16.3. The molecule has 0 unspecified atom stereocenters. The van der Waals surface area contributed by atoms with Crippen molar-refractivity contribution in [2.75, 3.05) is 20.1 Å². The highest BCUT2D eigenvalue weighted by molar-refractivity contribution is 5.87. The molecule has 4 rings (SSSR count). The third-order valence-electron chi connectivity index (χ3n) is 5.42. The second-order valence-corrected chi connectivity index (χ2v) is 7.34. The number of aliphatic hydroxyl groups excluding tert-OH is 1. The van der Waals surface area contributed by atoms with Gasteiger partial charge in [-0.1, -0.05) is 19.3 Å². The Morgan fingerprint density at radius 3 is 2.60 bits per heavy atom. The molecule has 1 saturated heterocycles. The normalized spacial score (nSPS) is 24.1. The summed E-state index contributed by atoms with van der Waals surface area (Å²) in [6, 6.07) is 2.03. The van der Waals surface area contributed by atoms with E-state index in [0.717, 1.165) is 48.7 Å². The van der Waals surface area contributed by atoms with Gasteiger partial charge in [0.05, 0.1) is 18.1 Å². The number of likely N-dealkylation sites (tertiary alicyclic amines) is 1. The summed E-state index contributed by atoms with van der Waals surface area (Å²) >= 11 is 0. The molecule has 0 amide bonds. The summed E-state index contributed by atoms with van der Waals surface area (Å²) in [5.74, 6) is 1.43. The summed E-state index contributed by atoms with van der Waals surface area (Å²) in [6.07, 6.45) is 11.9. The minimum Gasteiger partial charge on any atom is -0.400 e. The SMILES string of the molecule is CN1CCC(O)CC1.N/C(=C1\NC=Nc2[nH]ccc21)C1CCCCC1. The zero-order valence-electron chi connectivity index (χ0n) is 15.2. The van der Waals surface area contributed by atoms with Gasteiger partial charge in [-0.05, 0) is 38.8 Å². The van der Waals surface area contributed by atoms with E-state index in [1.165, 1.54) is 32.1 Å². The second kappa shape index (κ2) is 8.54. The lowest BCUT2D eigenvalue weighted by molar-refractivity contribution is 0.0943. The van der Waals surface area contributed by atoms with E-state index in [2.05, 4.69) is 27.2 Å². The van der Waals surface area contributed by atoms with E-state index in [1.54, 1.807) is 6.34 Å². The number of aromatic amines is 1. The Bertz CT molecular complexity index is 597. The van der Waals surface area contributed by atoms with Crippen LogP contribution in [0.1, 0.15) is 50.5 Å². The van der Waals surface area contributed by atoms with Crippen molar-refractivity contribution in [1.82, 2.24) is 15.2 Å².